The van der Waals surface area contributed by atoms with Crippen LogP contribution >= 0.6 is 0 Å². The molecular weight excluding hydrogens is 282 g/mol. The van der Waals surface area contributed by atoms with E-state index in [0.717, 1.165) is 5.69 Å². The molecule has 0 atom stereocenters. The molecule has 0 aliphatic rings. The van der Waals surface area contributed by atoms with Crippen LogP contribution < -0.4 is 0 Å². The van der Waals surface area contributed by atoms with Gasteiger partial charge in [0.25, 0.3) is 0 Å². The van der Waals surface area contributed by atoms with Crippen LogP contribution in [0.5, 0.6) is 0 Å². The van der Waals surface area contributed by atoms with Crippen molar-refractivity contribution in [1.82, 2.24) is 24.5 Å². The van der Waals surface area contributed by atoms with Gasteiger partial charge in [-0.2, -0.15) is 0 Å². The minimum Gasteiger partial charge on any atom is -0.476 e. The van der Waals surface area contributed by atoms with Gasteiger partial charge >= 0.3 is 5.97 Å². The van der Waals surface area contributed by atoms with Gasteiger partial charge in [0.05, 0.1) is 11.4 Å². The summed E-state index contributed by atoms with van der Waals surface area (Å²) in [7, 11) is 0. The number of nitrogens with zero attached hydrogens (tertiary/aromatic N) is 5. The molecule has 0 radical (unpaired) electrons. The van der Waals surface area contributed by atoms with Crippen LogP contribution in [0.25, 0.3) is 17.2 Å². The van der Waals surface area contributed by atoms with Crippen molar-refractivity contribution in [3.8, 4) is 17.2 Å². The molecule has 0 aromatic carbocycles. The second kappa shape index (κ2) is 5.72. The third-order valence-electron chi connectivity index (χ3n) is 3.07. The van der Waals surface area contributed by atoms with Gasteiger partial charge in [-0.3, -0.25) is 9.55 Å². The minimum absolute atomic E-state index is 0.0314. The topological polar surface area (TPSA) is 93.8 Å². The molecule has 0 saturated heterocycles. The van der Waals surface area contributed by atoms with Crippen LogP contribution in [0.2, 0.25) is 0 Å². The molecule has 3 aromatic heterocycles. The van der Waals surface area contributed by atoms with E-state index in [0.29, 0.717) is 23.8 Å². The summed E-state index contributed by atoms with van der Waals surface area (Å²) in [6.07, 6.45) is 5.20. The lowest BCUT2D eigenvalue weighted by Crippen LogP contribution is -2.03. The Hall–Kier alpha value is -3.09. The van der Waals surface area contributed by atoms with Gasteiger partial charge in [-0.1, -0.05) is 13.0 Å². The highest BCUT2D eigenvalue weighted by Crippen LogP contribution is 2.17. The smallest absolute Gasteiger partial charge is 0.356 e. The van der Waals surface area contributed by atoms with E-state index in [-0.39, 0.29) is 5.69 Å². The van der Waals surface area contributed by atoms with E-state index in [1.807, 2.05) is 25.1 Å². The van der Waals surface area contributed by atoms with Crippen molar-refractivity contribution in [2.45, 2.75) is 13.3 Å². The van der Waals surface area contributed by atoms with Crippen LogP contribution in [0, 0.1) is 0 Å². The number of pyridine rings is 1. The standard InChI is InChI=1S/C15H13N5O2/c1-2-13-18-11(10-5-3-4-6-16-10)7-14(19-13)20-8-12(15(21)22)17-9-20/h3-9H,2H2,1H3,(H,21,22). The number of rotatable bonds is 4. The van der Waals surface area contributed by atoms with Crippen molar-refractivity contribution in [2.24, 2.45) is 0 Å². The Kier molecular flexibility index (Phi) is 3.61. The number of hydrogen-bond donors (Lipinski definition) is 1. The molecule has 22 heavy (non-hydrogen) atoms. The molecule has 0 saturated carbocycles. The van der Waals surface area contributed by atoms with Gasteiger partial charge in [-0.15, -0.1) is 0 Å². The quantitative estimate of drug-likeness (QED) is 0.791. The third-order valence-corrected chi connectivity index (χ3v) is 3.07. The Balaban J connectivity index is 2.09. The molecular formula is C15H13N5O2. The molecule has 3 rings (SSSR count). The van der Waals surface area contributed by atoms with E-state index in [4.69, 9.17) is 5.11 Å². The van der Waals surface area contributed by atoms with Crippen molar-refractivity contribution in [3.05, 3.63) is 54.5 Å². The average Bonchev–Trinajstić information content (AvgIpc) is 3.05. The van der Waals surface area contributed by atoms with Crippen molar-refractivity contribution in [3.63, 3.8) is 0 Å². The number of carboxylic acids is 1. The van der Waals surface area contributed by atoms with E-state index in [1.54, 1.807) is 16.8 Å². The first-order valence-electron chi connectivity index (χ1n) is 6.74. The fraction of sp³-hybridized carbons (Fsp3) is 0.133. The highest BCUT2D eigenvalue weighted by Gasteiger charge is 2.11. The molecule has 0 fully saturated rings. The molecule has 0 unspecified atom stereocenters. The molecule has 0 bridgehead atoms. The fourth-order valence-electron chi connectivity index (χ4n) is 1.98. The fourth-order valence-corrected chi connectivity index (χ4v) is 1.98. The Bertz CT molecular complexity index is 814. The first kappa shape index (κ1) is 13.9. The number of hydrogen-bond acceptors (Lipinski definition) is 5. The van der Waals surface area contributed by atoms with Crippen LogP contribution in [0.4, 0.5) is 0 Å². The van der Waals surface area contributed by atoms with Crippen LogP contribution in [0.3, 0.4) is 0 Å². The number of aromatic nitrogens is 5. The monoisotopic (exact) mass is 295 g/mol. The Morgan fingerprint density at radius 1 is 1.23 bits per heavy atom. The summed E-state index contributed by atoms with van der Waals surface area (Å²) < 4.78 is 1.57. The van der Waals surface area contributed by atoms with E-state index < -0.39 is 5.97 Å². The molecule has 7 nitrogen and oxygen atoms in total. The Morgan fingerprint density at radius 2 is 2.09 bits per heavy atom. The van der Waals surface area contributed by atoms with Crippen LogP contribution in [0.15, 0.2) is 43.0 Å². The summed E-state index contributed by atoms with van der Waals surface area (Å²) in [5, 5.41) is 8.96. The number of imidazole rings is 1. The van der Waals surface area contributed by atoms with Crippen molar-refractivity contribution < 1.29 is 9.90 Å². The van der Waals surface area contributed by atoms with E-state index in [1.165, 1.54) is 12.5 Å². The lowest BCUT2D eigenvalue weighted by molar-refractivity contribution is 0.0691. The van der Waals surface area contributed by atoms with Gasteiger partial charge in [-0.25, -0.2) is 19.7 Å². The minimum atomic E-state index is -1.08. The van der Waals surface area contributed by atoms with Gasteiger partial charge in [0.1, 0.15) is 18.0 Å². The Morgan fingerprint density at radius 3 is 2.73 bits per heavy atom. The third kappa shape index (κ3) is 2.69. The number of aromatic carboxylic acids is 1. The molecule has 1 N–H and O–H groups in total. The second-order valence-corrected chi connectivity index (χ2v) is 4.57. The summed E-state index contributed by atoms with van der Waals surface area (Å²) in [6.45, 7) is 1.96. The van der Waals surface area contributed by atoms with Crippen molar-refractivity contribution >= 4 is 5.97 Å². The average molecular weight is 295 g/mol. The maximum Gasteiger partial charge on any atom is 0.356 e. The summed E-state index contributed by atoms with van der Waals surface area (Å²) in [6, 6.07) is 7.34. The van der Waals surface area contributed by atoms with Crippen LogP contribution in [0.1, 0.15) is 23.2 Å². The summed E-state index contributed by atoms with van der Waals surface area (Å²) in [4.78, 5) is 27.9. The molecule has 7 heteroatoms. The van der Waals surface area contributed by atoms with E-state index in [9.17, 15) is 4.79 Å². The van der Waals surface area contributed by atoms with Crippen LogP contribution in [-0.4, -0.2) is 35.6 Å². The largest absolute Gasteiger partial charge is 0.476 e. The molecule has 0 aliphatic carbocycles. The highest BCUT2D eigenvalue weighted by molar-refractivity contribution is 5.85. The lowest BCUT2D eigenvalue weighted by Gasteiger charge is -2.07. The number of carbonyl (C=O) groups is 1. The molecule has 0 aliphatic heterocycles. The first-order valence-corrected chi connectivity index (χ1v) is 6.74. The number of carboxylic acid groups (broad SMARTS) is 1. The summed E-state index contributed by atoms with van der Waals surface area (Å²) in [5.74, 6) is 0.143. The number of aryl methyl sites for hydroxylation is 1. The molecule has 0 amide bonds. The van der Waals surface area contributed by atoms with Gasteiger partial charge in [0, 0.05) is 24.9 Å². The predicted octanol–water partition coefficient (Wildman–Crippen LogP) is 1.98. The molecule has 3 aromatic rings. The zero-order valence-electron chi connectivity index (χ0n) is 11.8. The maximum atomic E-state index is 10.9. The zero-order valence-corrected chi connectivity index (χ0v) is 11.8. The summed E-state index contributed by atoms with van der Waals surface area (Å²) >= 11 is 0. The van der Waals surface area contributed by atoms with Crippen molar-refractivity contribution in [1.29, 1.82) is 0 Å². The lowest BCUT2D eigenvalue weighted by atomic mass is 10.2. The summed E-state index contributed by atoms with van der Waals surface area (Å²) in [5.41, 5.74) is 1.39. The Labute approximate surface area is 126 Å². The molecule has 3 heterocycles. The normalized spacial score (nSPS) is 10.6. The predicted molar refractivity (Wildman–Crippen MR) is 78.7 cm³/mol. The van der Waals surface area contributed by atoms with E-state index in [2.05, 4.69) is 19.9 Å². The second-order valence-electron chi connectivity index (χ2n) is 4.57. The highest BCUT2D eigenvalue weighted by atomic mass is 16.4. The maximum absolute atomic E-state index is 10.9. The van der Waals surface area contributed by atoms with Gasteiger partial charge in [-0.05, 0) is 12.1 Å². The van der Waals surface area contributed by atoms with Gasteiger partial charge < -0.3 is 5.11 Å². The van der Waals surface area contributed by atoms with E-state index >= 15 is 0 Å². The van der Waals surface area contributed by atoms with Crippen LogP contribution in [-0.2, 0) is 6.42 Å². The van der Waals surface area contributed by atoms with Gasteiger partial charge in [0.15, 0.2) is 5.69 Å². The molecule has 110 valence electrons. The zero-order chi connectivity index (χ0) is 15.5. The first-order chi connectivity index (χ1) is 10.7. The van der Waals surface area contributed by atoms with Crippen molar-refractivity contribution in [2.75, 3.05) is 0 Å². The molecule has 0 spiro atoms. The SMILES string of the molecule is CCc1nc(-c2ccccn2)cc(-n2cnc(C(=O)O)c2)n1. The van der Waals surface area contributed by atoms with Gasteiger partial charge in [0.2, 0.25) is 0 Å².